The van der Waals surface area contributed by atoms with Gasteiger partial charge in [-0.05, 0) is 28.5 Å². The third-order valence-electron chi connectivity index (χ3n) is 3.41. The molecule has 0 amide bonds. The summed E-state index contributed by atoms with van der Waals surface area (Å²) in [6.45, 7) is 0. The highest BCUT2D eigenvalue weighted by Crippen LogP contribution is 2.32. The number of thioether (sulfide) groups is 1. The van der Waals surface area contributed by atoms with Crippen LogP contribution in [0.2, 0.25) is 0 Å². The lowest BCUT2D eigenvalue weighted by Crippen LogP contribution is -2.11. The van der Waals surface area contributed by atoms with Gasteiger partial charge in [-0.1, -0.05) is 54.6 Å². The van der Waals surface area contributed by atoms with Crippen LogP contribution >= 0.6 is 11.8 Å². The van der Waals surface area contributed by atoms with E-state index in [-0.39, 0.29) is 5.84 Å². The molecule has 0 bridgehead atoms. The number of nitrogens with one attached hydrogen (secondary N) is 1. The molecule has 0 spiro atoms. The number of hydrogen-bond acceptors (Lipinski definition) is 2. The van der Waals surface area contributed by atoms with Crippen LogP contribution in [0.4, 0.5) is 0 Å². The van der Waals surface area contributed by atoms with E-state index in [1.807, 2.05) is 42.1 Å². The Hall–Kier alpha value is -2.26. The lowest BCUT2D eigenvalue weighted by molar-refractivity contribution is 1.39. The normalized spacial score (nSPS) is 10.7. The summed E-state index contributed by atoms with van der Waals surface area (Å²) < 4.78 is 0. The summed E-state index contributed by atoms with van der Waals surface area (Å²) in [4.78, 5) is 1.22. The average molecular weight is 292 g/mol. The van der Waals surface area contributed by atoms with Crippen molar-refractivity contribution in [1.29, 1.82) is 5.41 Å². The van der Waals surface area contributed by atoms with Crippen LogP contribution in [-0.2, 0) is 5.75 Å². The summed E-state index contributed by atoms with van der Waals surface area (Å²) in [5.74, 6) is 1.05. The van der Waals surface area contributed by atoms with Crippen molar-refractivity contribution < 1.29 is 0 Å². The molecule has 3 aromatic rings. The van der Waals surface area contributed by atoms with Gasteiger partial charge < -0.3 is 5.73 Å². The lowest BCUT2D eigenvalue weighted by Gasteiger charge is -2.10. The fraction of sp³-hybridized carbons (Fsp3) is 0.0556. The summed E-state index contributed by atoms with van der Waals surface area (Å²) in [5.41, 5.74) is 7.78. The first-order chi connectivity index (χ1) is 10.3. The first-order valence-electron chi connectivity index (χ1n) is 6.78. The zero-order valence-corrected chi connectivity index (χ0v) is 12.4. The van der Waals surface area contributed by atoms with Crippen LogP contribution in [0, 0.1) is 5.41 Å². The molecule has 0 heterocycles. The third-order valence-corrected chi connectivity index (χ3v) is 4.56. The predicted octanol–water partition coefficient (Wildman–Crippen LogP) is 4.42. The minimum Gasteiger partial charge on any atom is -0.384 e. The van der Waals surface area contributed by atoms with Crippen LogP contribution in [0.1, 0.15) is 11.1 Å². The van der Waals surface area contributed by atoms with Gasteiger partial charge in [-0.25, -0.2) is 0 Å². The van der Waals surface area contributed by atoms with Gasteiger partial charge in [0.05, 0.1) is 0 Å². The lowest BCUT2D eigenvalue weighted by atomic mass is 10.0. The molecule has 0 radical (unpaired) electrons. The van der Waals surface area contributed by atoms with E-state index in [2.05, 4.69) is 36.4 Å². The van der Waals surface area contributed by atoms with E-state index in [4.69, 9.17) is 11.1 Å². The van der Waals surface area contributed by atoms with Gasteiger partial charge in [0.1, 0.15) is 5.84 Å². The number of hydrogen-bond donors (Lipinski definition) is 2. The molecule has 0 fully saturated rings. The Morgan fingerprint density at radius 2 is 1.52 bits per heavy atom. The first kappa shape index (κ1) is 13.7. The Morgan fingerprint density at radius 3 is 2.24 bits per heavy atom. The third kappa shape index (κ3) is 2.93. The molecule has 0 atom stereocenters. The Kier molecular flexibility index (Phi) is 3.93. The van der Waals surface area contributed by atoms with E-state index < -0.39 is 0 Å². The molecule has 21 heavy (non-hydrogen) atoms. The topological polar surface area (TPSA) is 49.9 Å². The van der Waals surface area contributed by atoms with Gasteiger partial charge in [-0.2, -0.15) is 0 Å². The molecule has 3 aromatic carbocycles. The molecule has 0 unspecified atom stereocenters. The van der Waals surface area contributed by atoms with E-state index in [1.54, 1.807) is 0 Å². The second-order valence-electron chi connectivity index (χ2n) is 4.84. The zero-order chi connectivity index (χ0) is 14.7. The minimum atomic E-state index is 0.116. The van der Waals surface area contributed by atoms with Crippen molar-refractivity contribution >= 4 is 28.4 Å². The van der Waals surface area contributed by atoms with Gasteiger partial charge in [0, 0.05) is 16.2 Å². The van der Waals surface area contributed by atoms with Crippen molar-refractivity contribution in [3.05, 3.63) is 77.9 Å². The molecule has 104 valence electrons. The summed E-state index contributed by atoms with van der Waals surface area (Å²) in [5, 5.41) is 9.90. The molecule has 0 saturated heterocycles. The van der Waals surface area contributed by atoms with E-state index in [1.165, 1.54) is 10.5 Å². The van der Waals surface area contributed by atoms with Crippen molar-refractivity contribution in [3.8, 4) is 0 Å². The van der Waals surface area contributed by atoms with E-state index in [0.717, 1.165) is 22.1 Å². The van der Waals surface area contributed by atoms with Crippen LogP contribution in [-0.4, -0.2) is 5.84 Å². The summed E-state index contributed by atoms with van der Waals surface area (Å²) >= 11 is 1.81. The van der Waals surface area contributed by atoms with Crippen molar-refractivity contribution in [2.75, 3.05) is 0 Å². The molecule has 0 aliphatic carbocycles. The van der Waals surface area contributed by atoms with E-state index in [9.17, 15) is 0 Å². The fourth-order valence-corrected chi connectivity index (χ4v) is 3.38. The van der Waals surface area contributed by atoms with Gasteiger partial charge in [0.15, 0.2) is 0 Å². The van der Waals surface area contributed by atoms with Crippen LogP contribution in [0.25, 0.3) is 10.8 Å². The molecule has 3 heteroatoms. The molecule has 3 N–H and O–H groups in total. The zero-order valence-electron chi connectivity index (χ0n) is 11.5. The summed E-state index contributed by atoms with van der Waals surface area (Å²) in [6.07, 6.45) is 0. The minimum absolute atomic E-state index is 0.116. The molecular weight excluding hydrogens is 276 g/mol. The van der Waals surface area contributed by atoms with E-state index >= 15 is 0 Å². The Morgan fingerprint density at radius 1 is 0.857 bits per heavy atom. The molecule has 0 saturated carbocycles. The fourth-order valence-electron chi connectivity index (χ4n) is 2.37. The Labute approximate surface area is 128 Å². The van der Waals surface area contributed by atoms with E-state index in [0.29, 0.717) is 0 Å². The molecule has 3 rings (SSSR count). The van der Waals surface area contributed by atoms with Gasteiger partial charge >= 0.3 is 0 Å². The quantitative estimate of drug-likeness (QED) is 0.425. The largest absolute Gasteiger partial charge is 0.384 e. The van der Waals surface area contributed by atoms with Gasteiger partial charge in [-0.3, -0.25) is 5.41 Å². The van der Waals surface area contributed by atoms with Crippen LogP contribution < -0.4 is 5.73 Å². The van der Waals surface area contributed by atoms with Crippen molar-refractivity contribution in [2.24, 2.45) is 5.73 Å². The van der Waals surface area contributed by atoms with Gasteiger partial charge in [0.25, 0.3) is 0 Å². The Bertz CT molecular complexity index is 782. The monoisotopic (exact) mass is 292 g/mol. The predicted molar refractivity (Wildman–Crippen MR) is 91.0 cm³/mol. The molecule has 0 aliphatic heterocycles. The molecule has 0 aliphatic rings. The number of nitrogens with two attached hydrogens (primary N) is 1. The second-order valence-corrected chi connectivity index (χ2v) is 5.86. The van der Waals surface area contributed by atoms with Crippen molar-refractivity contribution in [3.63, 3.8) is 0 Å². The maximum atomic E-state index is 7.70. The molecule has 0 aromatic heterocycles. The van der Waals surface area contributed by atoms with Crippen molar-refractivity contribution in [1.82, 2.24) is 0 Å². The Balaban J connectivity index is 1.96. The SMILES string of the molecule is N=C(N)c1ccc(SCc2ccccc2)c2ccccc12. The second kappa shape index (κ2) is 6.02. The molecule has 2 nitrogen and oxygen atoms in total. The number of nitrogen functional groups attached to an aromatic ring is 1. The maximum absolute atomic E-state index is 7.70. The highest BCUT2D eigenvalue weighted by Gasteiger charge is 2.08. The smallest absolute Gasteiger partial charge is 0.123 e. The summed E-state index contributed by atoms with van der Waals surface area (Å²) in [6, 6.07) is 22.6. The number of amidine groups is 1. The van der Waals surface area contributed by atoms with Crippen LogP contribution in [0.5, 0.6) is 0 Å². The highest BCUT2D eigenvalue weighted by molar-refractivity contribution is 7.98. The average Bonchev–Trinajstić information content (AvgIpc) is 2.53. The summed E-state index contributed by atoms with van der Waals surface area (Å²) in [7, 11) is 0. The number of fused-ring (bicyclic) bond motifs is 1. The van der Waals surface area contributed by atoms with Crippen LogP contribution in [0.15, 0.2) is 71.6 Å². The maximum Gasteiger partial charge on any atom is 0.123 e. The first-order valence-corrected chi connectivity index (χ1v) is 7.77. The standard InChI is InChI=1S/C18H16N2S/c19-18(20)16-10-11-17(15-9-5-4-8-14(15)16)21-12-13-6-2-1-3-7-13/h1-11H,12H2,(H3,19,20). The van der Waals surface area contributed by atoms with Crippen molar-refractivity contribution in [2.45, 2.75) is 10.6 Å². The number of rotatable bonds is 4. The van der Waals surface area contributed by atoms with Gasteiger partial charge in [-0.15, -0.1) is 11.8 Å². The highest BCUT2D eigenvalue weighted by atomic mass is 32.2. The van der Waals surface area contributed by atoms with Gasteiger partial charge in [0.2, 0.25) is 0 Å². The number of benzene rings is 3. The van der Waals surface area contributed by atoms with Crippen LogP contribution in [0.3, 0.4) is 0 Å². The molecular formula is C18H16N2S.